The lowest BCUT2D eigenvalue weighted by atomic mass is 10.3. The van der Waals surface area contributed by atoms with Gasteiger partial charge in [-0.2, -0.15) is 4.98 Å². The first kappa shape index (κ1) is 13.5. The maximum Gasteiger partial charge on any atom is 0.225 e. The van der Waals surface area contributed by atoms with E-state index in [1.807, 2.05) is 12.4 Å². The minimum Gasteiger partial charge on any atom is -0.379 e. The molecule has 0 radical (unpaired) electrons. The molecule has 0 bridgehead atoms. The number of anilines is 2. The summed E-state index contributed by atoms with van der Waals surface area (Å²) in [7, 11) is 1.84. The van der Waals surface area contributed by atoms with Gasteiger partial charge in [0.2, 0.25) is 5.95 Å². The predicted molar refractivity (Wildman–Crippen MR) is 82.7 cm³/mol. The lowest BCUT2D eigenvalue weighted by Crippen LogP contribution is -2.39. The van der Waals surface area contributed by atoms with Crippen molar-refractivity contribution in [3.8, 4) is 0 Å². The number of nitrogens with one attached hydrogen (secondary N) is 2. The standard InChI is InChI=1S/C13H19N5OS/c1-14-13-16-11(10-2-9-20-12(10)17-13)15-3-4-18-5-7-19-8-6-18/h2,9H,3-8H2,1H3,(H2,14,15,16,17). The SMILES string of the molecule is CNc1nc(NCCN2CCOCC2)c2ccsc2n1. The average molecular weight is 293 g/mol. The van der Waals surface area contributed by atoms with E-state index in [9.17, 15) is 0 Å². The lowest BCUT2D eigenvalue weighted by molar-refractivity contribution is 0.0398. The summed E-state index contributed by atoms with van der Waals surface area (Å²) in [4.78, 5) is 12.4. The lowest BCUT2D eigenvalue weighted by Gasteiger charge is -2.26. The molecule has 3 rings (SSSR count). The first-order chi connectivity index (χ1) is 9.86. The summed E-state index contributed by atoms with van der Waals surface area (Å²) in [5.74, 6) is 1.57. The van der Waals surface area contributed by atoms with Crippen LogP contribution in [0.2, 0.25) is 0 Å². The Labute approximate surface area is 122 Å². The van der Waals surface area contributed by atoms with Gasteiger partial charge in [0, 0.05) is 33.2 Å². The second kappa shape index (κ2) is 6.34. The Morgan fingerprint density at radius 1 is 1.35 bits per heavy atom. The van der Waals surface area contributed by atoms with Crippen LogP contribution in [0.4, 0.5) is 11.8 Å². The fraction of sp³-hybridized carbons (Fsp3) is 0.538. The van der Waals surface area contributed by atoms with Gasteiger partial charge in [0.25, 0.3) is 0 Å². The number of hydrogen-bond donors (Lipinski definition) is 2. The fourth-order valence-corrected chi connectivity index (χ4v) is 3.02. The first-order valence-corrected chi connectivity index (χ1v) is 7.72. The van der Waals surface area contributed by atoms with Crippen LogP contribution in [0.5, 0.6) is 0 Å². The van der Waals surface area contributed by atoms with E-state index in [0.717, 1.165) is 55.4 Å². The molecule has 1 fully saturated rings. The van der Waals surface area contributed by atoms with Crippen molar-refractivity contribution in [1.82, 2.24) is 14.9 Å². The molecule has 108 valence electrons. The molecule has 1 aliphatic heterocycles. The summed E-state index contributed by atoms with van der Waals surface area (Å²) in [6.07, 6.45) is 0. The minimum atomic E-state index is 0.661. The molecule has 7 heteroatoms. The van der Waals surface area contributed by atoms with Gasteiger partial charge in [-0.15, -0.1) is 11.3 Å². The topological polar surface area (TPSA) is 62.3 Å². The van der Waals surface area contributed by atoms with E-state index in [1.165, 1.54) is 0 Å². The van der Waals surface area contributed by atoms with Crippen molar-refractivity contribution < 1.29 is 4.74 Å². The Bertz CT molecular complexity index is 567. The van der Waals surface area contributed by atoms with Crippen LogP contribution < -0.4 is 10.6 Å². The van der Waals surface area contributed by atoms with Gasteiger partial charge in [0.1, 0.15) is 10.6 Å². The molecule has 2 N–H and O–H groups in total. The Morgan fingerprint density at radius 3 is 3.00 bits per heavy atom. The van der Waals surface area contributed by atoms with Crippen LogP contribution >= 0.6 is 11.3 Å². The third-order valence-corrected chi connectivity index (χ3v) is 4.18. The van der Waals surface area contributed by atoms with Crippen LogP contribution in [0.15, 0.2) is 11.4 Å². The molecule has 3 heterocycles. The van der Waals surface area contributed by atoms with E-state index in [4.69, 9.17) is 4.74 Å². The van der Waals surface area contributed by atoms with Crippen LogP contribution in [-0.2, 0) is 4.74 Å². The summed E-state index contributed by atoms with van der Waals surface area (Å²) in [6, 6.07) is 2.07. The molecule has 0 saturated carbocycles. The molecule has 0 unspecified atom stereocenters. The Balaban J connectivity index is 1.65. The molecule has 2 aromatic rings. The van der Waals surface area contributed by atoms with Gasteiger partial charge >= 0.3 is 0 Å². The van der Waals surface area contributed by atoms with Gasteiger partial charge in [-0.1, -0.05) is 0 Å². The number of fused-ring (bicyclic) bond motifs is 1. The third kappa shape index (κ3) is 3.00. The number of nitrogens with zero attached hydrogens (tertiary/aromatic N) is 3. The maximum atomic E-state index is 5.35. The highest BCUT2D eigenvalue weighted by Crippen LogP contribution is 2.26. The molecule has 1 saturated heterocycles. The van der Waals surface area contributed by atoms with Crippen LogP contribution in [-0.4, -0.2) is 61.3 Å². The van der Waals surface area contributed by atoms with Crippen molar-refractivity contribution >= 4 is 33.3 Å². The highest BCUT2D eigenvalue weighted by Gasteiger charge is 2.11. The largest absolute Gasteiger partial charge is 0.379 e. The summed E-state index contributed by atoms with van der Waals surface area (Å²) >= 11 is 1.63. The number of aromatic nitrogens is 2. The Hall–Kier alpha value is -1.44. The predicted octanol–water partition coefficient (Wildman–Crippen LogP) is 1.48. The van der Waals surface area contributed by atoms with E-state index in [1.54, 1.807) is 11.3 Å². The van der Waals surface area contributed by atoms with E-state index in [-0.39, 0.29) is 0 Å². The highest BCUT2D eigenvalue weighted by atomic mass is 32.1. The minimum absolute atomic E-state index is 0.661. The van der Waals surface area contributed by atoms with Crippen molar-refractivity contribution in [3.05, 3.63) is 11.4 Å². The number of ether oxygens (including phenoxy) is 1. The van der Waals surface area contributed by atoms with Crippen LogP contribution in [0, 0.1) is 0 Å². The smallest absolute Gasteiger partial charge is 0.225 e. The number of morpholine rings is 1. The molecule has 0 spiro atoms. The molecule has 0 atom stereocenters. The molecular weight excluding hydrogens is 274 g/mol. The Kier molecular flexibility index (Phi) is 4.29. The molecule has 1 aliphatic rings. The van der Waals surface area contributed by atoms with Gasteiger partial charge in [0.05, 0.1) is 18.6 Å². The average Bonchev–Trinajstić information content (AvgIpc) is 2.96. The van der Waals surface area contributed by atoms with Crippen molar-refractivity contribution in [3.63, 3.8) is 0 Å². The highest BCUT2D eigenvalue weighted by molar-refractivity contribution is 7.16. The van der Waals surface area contributed by atoms with Crippen molar-refractivity contribution in [2.24, 2.45) is 0 Å². The number of hydrogen-bond acceptors (Lipinski definition) is 7. The van der Waals surface area contributed by atoms with Gasteiger partial charge < -0.3 is 15.4 Å². The number of rotatable bonds is 5. The Morgan fingerprint density at radius 2 is 2.20 bits per heavy atom. The summed E-state index contributed by atoms with van der Waals surface area (Å²) in [5.41, 5.74) is 0. The second-order valence-corrected chi connectivity index (χ2v) is 5.56. The zero-order valence-electron chi connectivity index (χ0n) is 11.6. The zero-order valence-corrected chi connectivity index (χ0v) is 12.4. The van der Waals surface area contributed by atoms with E-state index in [0.29, 0.717) is 5.95 Å². The quantitative estimate of drug-likeness (QED) is 0.870. The van der Waals surface area contributed by atoms with E-state index < -0.39 is 0 Å². The van der Waals surface area contributed by atoms with E-state index in [2.05, 4.69) is 31.6 Å². The van der Waals surface area contributed by atoms with E-state index >= 15 is 0 Å². The molecule has 6 nitrogen and oxygen atoms in total. The second-order valence-electron chi connectivity index (χ2n) is 4.67. The third-order valence-electron chi connectivity index (χ3n) is 3.37. The van der Waals surface area contributed by atoms with Crippen LogP contribution in [0.25, 0.3) is 10.2 Å². The molecule has 20 heavy (non-hydrogen) atoms. The zero-order chi connectivity index (χ0) is 13.8. The van der Waals surface area contributed by atoms with Gasteiger partial charge in [0.15, 0.2) is 0 Å². The fourth-order valence-electron chi connectivity index (χ4n) is 2.26. The molecule has 0 aromatic carbocycles. The van der Waals surface area contributed by atoms with Gasteiger partial charge in [-0.25, -0.2) is 4.98 Å². The maximum absolute atomic E-state index is 5.35. The van der Waals surface area contributed by atoms with Gasteiger partial charge in [-0.3, -0.25) is 4.90 Å². The van der Waals surface area contributed by atoms with Crippen LogP contribution in [0.1, 0.15) is 0 Å². The van der Waals surface area contributed by atoms with Crippen molar-refractivity contribution in [2.45, 2.75) is 0 Å². The van der Waals surface area contributed by atoms with Gasteiger partial charge in [-0.05, 0) is 11.4 Å². The summed E-state index contributed by atoms with van der Waals surface area (Å²) < 4.78 is 5.35. The van der Waals surface area contributed by atoms with Crippen molar-refractivity contribution in [1.29, 1.82) is 0 Å². The summed E-state index contributed by atoms with van der Waals surface area (Å²) in [5, 5.41) is 9.58. The molecule has 2 aromatic heterocycles. The van der Waals surface area contributed by atoms with Crippen LogP contribution in [0.3, 0.4) is 0 Å². The molecule has 0 amide bonds. The number of thiophene rings is 1. The van der Waals surface area contributed by atoms with Crippen molar-refractivity contribution in [2.75, 3.05) is 57.1 Å². The summed E-state index contributed by atoms with van der Waals surface area (Å²) in [6.45, 7) is 5.60. The molecule has 0 aliphatic carbocycles. The normalized spacial score (nSPS) is 16.4. The molecular formula is C13H19N5OS. The first-order valence-electron chi connectivity index (χ1n) is 6.84. The monoisotopic (exact) mass is 293 g/mol.